The van der Waals surface area contributed by atoms with Gasteiger partial charge in [0.05, 0.1) is 16.7 Å². The smallest absolute Gasteiger partial charge is 0.158 e. The standard InChI is InChI=1S/C11H9N3/c1-8-11-12-6-7-14(11)10-5-3-2-4-9(10)13-8/h2-7H,1H3. The quantitative estimate of drug-likeness (QED) is 0.534. The molecule has 1 aromatic carbocycles. The molecule has 0 spiro atoms. The zero-order chi connectivity index (χ0) is 9.54. The topological polar surface area (TPSA) is 30.2 Å². The molecule has 0 radical (unpaired) electrons. The van der Waals surface area contributed by atoms with Gasteiger partial charge in [0.25, 0.3) is 0 Å². The van der Waals surface area contributed by atoms with Crippen LogP contribution in [0.4, 0.5) is 0 Å². The summed E-state index contributed by atoms with van der Waals surface area (Å²) in [6.07, 6.45) is 3.77. The number of para-hydroxylation sites is 2. The van der Waals surface area contributed by atoms with Crippen LogP contribution < -0.4 is 0 Å². The Bertz CT molecular complexity index is 610. The van der Waals surface area contributed by atoms with Crippen molar-refractivity contribution in [2.24, 2.45) is 0 Å². The lowest BCUT2D eigenvalue weighted by molar-refractivity contribution is 1.15. The molecule has 0 atom stereocenters. The van der Waals surface area contributed by atoms with Crippen LogP contribution in [0.2, 0.25) is 0 Å². The third-order valence-electron chi connectivity index (χ3n) is 2.39. The van der Waals surface area contributed by atoms with E-state index in [9.17, 15) is 0 Å². The fourth-order valence-corrected chi connectivity index (χ4v) is 1.76. The summed E-state index contributed by atoms with van der Waals surface area (Å²) in [4.78, 5) is 8.76. The van der Waals surface area contributed by atoms with Crippen LogP contribution in [0.15, 0.2) is 36.7 Å². The number of rotatable bonds is 0. The first kappa shape index (κ1) is 7.50. The molecule has 0 N–H and O–H groups in total. The van der Waals surface area contributed by atoms with E-state index in [1.807, 2.05) is 31.3 Å². The lowest BCUT2D eigenvalue weighted by Crippen LogP contribution is -1.93. The van der Waals surface area contributed by atoms with Crippen molar-refractivity contribution in [2.75, 3.05) is 0 Å². The van der Waals surface area contributed by atoms with Crippen molar-refractivity contribution in [2.45, 2.75) is 6.92 Å². The van der Waals surface area contributed by atoms with E-state index in [1.165, 1.54) is 0 Å². The molecule has 2 heterocycles. The van der Waals surface area contributed by atoms with E-state index < -0.39 is 0 Å². The molecule has 0 aliphatic heterocycles. The van der Waals surface area contributed by atoms with Crippen molar-refractivity contribution in [3.63, 3.8) is 0 Å². The molecule has 0 aliphatic carbocycles. The maximum atomic E-state index is 4.49. The minimum Gasteiger partial charge on any atom is -0.297 e. The highest BCUT2D eigenvalue weighted by molar-refractivity contribution is 5.78. The van der Waals surface area contributed by atoms with Crippen LogP contribution in [-0.2, 0) is 0 Å². The van der Waals surface area contributed by atoms with Gasteiger partial charge in [-0.3, -0.25) is 4.40 Å². The molecule has 0 fully saturated rings. The van der Waals surface area contributed by atoms with Crippen LogP contribution >= 0.6 is 0 Å². The summed E-state index contributed by atoms with van der Waals surface area (Å²) in [5.41, 5.74) is 4.01. The molecule has 68 valence electrons. The Morgan fingerprint density at radius 1 is 1.21 bits per heavy atom. The summed E-state index contributed by atoms with van der Waals surface area (Å²) in [5, 5.41) is 0. The average Bonchev–Trinajstić information content (AvgIpc) is 2.67. The third-order valence-corrected chi connectivity index (χ3v) is 2.39. The van der Waals surface area contributed by atoms with Crippen LogP contribution in [-0.4, -0.2) is 14.4 Å². The van der Waals surface area contributed by atoms with Crippen LogP contribution in [0, 0.1) is 6.92 Å². The number of aromatic nitrogens is 3. The SMILES string of the molecule is Cc1nc2ccccc2n2ccnc12. The fourth-order valence-electron chi connectivity index (χ4n) is 1.76. The van der Waals surface area contributed by atoms with Gasteiger partial charge in [-0.05, 0) is 19.1 Å². The highest BCUT2D eigenvalue weighted by atomic mass is 15.0. The van der Waals surface area contributed by atoms with Crippen LogP contribution in [0.5, 0.6) is 0 Å². The number of aryl methyl sites for hydroxylation is 1. The maximum absolute atomic E-state index is 4.49. The first-order chi connectivity index (χ1) is 6.86. The van der Waals surface area contributed by atoms with Gasteiger partial charge in [-0.1, -0.05) is 12.1 Å². The molecular formula is C11H9N3. The summed E-state index contributed by atoms with van der Waals surface area (Å²) in [5.74, 6) is 0. The van der Waals surface area contributed by atoms with E-state index >= 15 is 0 Å². The lowest BCUT2D eigenvalue weighted by Gasteiger charge is -2.02. The normalized spacial score (nSPS) is 11.2. The predicted octanol–water partition coefficient (Wildman–Crippen LogP) is 2.19. The molecule has 0 aliphatic rings. The number of hydrogen-bond donors (Lipinski definition) is 0. The van der Waals surface area contributed by atoms with Crippen molar-refractivity contribution in [1.82, 2.24) is 14.4 Å². The van der Waals surface area contributed by atoms with Crippen molar-refractivity contribution < 1.29 is 0 Å². The van der Waals surface area contributed by atoms with Gasteiger partial charge in [-0.25, -0.2) is 9.97 Å². The molecule has 0 saturated heterocycles. The summed E-state index contributed by atoms with van der Waals surface area (Å²) < 4.78 is 2.07. The molecule has 3 rings (SSSR count). The van der Waals surface area contributed by atoms with Crippen LogP contribution in [0.1, 0.15) is 5.69 Å². The molecule has 0 saturated carbocycles. The van der Waals surface area contributed by atoms with Gasteiger partial charge in [-0.15, -0.1) is 0 Å². The Morgan fingerprint density at radius 2 is 2.07 bits per heavy atom. The molecule has 0 amide bonds. The molecule has 3 heteroatoms. The van der Waals surface area contributed by atoms with Crippen molar-refractivity contribution in [1.29, 1.82) is 0 Å². The molecule has 2 aromatic heterocycles. The molecular weight excluding hydrogens is 174 g/mol. The predicted molar refractivity (Wildman–Crippen MR) is 55.2 cm³/mol. The Kier molecular flexibility index (Phi) is 1.36. The van der Waals surface area contributed by atoms with Gasteiger partial charge < -0.3 is 0 Å². The number of benzene rings is 1. The summed E-state index contributed by atoms with van der Waals surface area (Å²) in [6, 6.07) is 8.08. The van der Waals surface area contributed by atoms with E-state index in [-0.39, 0.29) is 0 Å². The van der Waals surface area contributed by atoms with Gasteiger partial charge in [0.2, 0.25) is 0 Å². The number of nitrogens with zero attached hydrogens (tertiary/aromatic N) is 3. The molecule has 3 aromatic rings. The zero-order valence-electron chi connectivity index (χ0n) is 7.81. The highest BCUT2D eigenvalue weighted by Crippen LogP contribution is 2.15. The second kappa shape index (κ2) is 2.54. The van der Waals surface area contributed by atoms with Gasteiger partial charge in [0, 0.05) is 12.4 Å². The Morgan fingerprint density at radius 3 is 3.00 bits per heavy atom. The van der Waals surface area contributed by atoms with Crippen LogP contribution in [0.25, 0.3) is 16.7 Å². The lowest BCUT2D eigenvalue weighted by atomic mass is 10.3. The van der Waals surface area contributed by atoms with Crippen LogP contribution in [0.3, 0.4) is 0 Å². The number of hydrogen-bond acceptors (Lipinski definition) is 2. The van der Waals surface area contributed by atoms with Crippen molar-refractivity contribution >= 4 is 16.7 Å². The Hall–Kier alpha value is -1.90. The average molecular weight is 183 g/mol. The fraction of sp³-hybridized carbons (Fsp3) is 0.0909. The second-order valence-corrected chi connectivity index (χ2v) is 3.31. The highest BCUT2D eigenvalue weighted by Gasteiger charge is 2.03. The zero-order valence-corrected chi connectivity index (χ0v) is 7.81. The molecule has 0 bridgehead atoms. The monoisotopic (exact) mass is 183 g/mol. The van der Waals surface area contributed by atoms with Gasteiger partial charge in [0.15, 0.2) is 5.65 Å². The Balaban J connectivity index is 2.66. The maximum Gasteiger partial charge on any atom is 0.158 e. The second-order valence-electron chi connectivity index (χ2n) is 3.31. The number of fused-ring (bicyclic) bond motifs is 3. The third kappa shape index (κ3) is 0.865. The first-order valence-corrected chi connectivity index (χ1v) is 4.55. The first-order valence-electron chi connectivity index (χ1n) is 4.55. The van der Waals surface area contributed by atoms with Gasteiger partial charge in [-0.2, -0.15) is 0 Å². The minimum absolute atomic E-state index is 0.934. The number of imidazole rings is 1. The van der Waals surface area contributed by atoms with Gasteiger partial charge >= 0.3 is 0 Å². The Labute approximate surface area is 81.0 Å². The summed E-state index contributed by atoms with van der Waals surface area (Å²) in [7, 11) is 0. The largest absolute Gasteiger partial charge is 0.297 e. The molecule has 14 heavy (non-hydrogen) atoms. The van der Waals surface area contributed by atoms with E-state index in [4.69, 9.17) is 0 Å². The van der Waals surface area contributed by atoms with E-state index in [0.717, 1.165) is 22.4 Å². The summed E-state index contributed by atoms with van der Waals surface area (Å²) in [6.45, 7) is 1.98. The minimum atomic E-state index is 0.934. The molecule has 0 unspecified atom stereocenters. The van der Waals surface area contributed by atoms with Gasteiger partial charge in [0.1, 0.15) is 0 Å². The van der Waals surface area contributed by atoms with Crippen molar-refractivity contribution in [3.05, 3.63) is 42.4 Å². The van der Waals surface area contributed by atoms with E-state index in [0.29, 0.717) is 0 Å². The molecule has 3 nitrogen and oxygen atoms in total. The van der Waals surface area contributed by atoms with E-state index in [1.54, 1.807) is 6.20 Å². The van der Waals surface area contributed by atoms with E-state index in [2.05, 4.69) is 20.4 Å². The summed E-state index contributed by atoms with van der Waals surface area (Å²) >= 11 is 0. The van der Waals surface area contributed by atoms with Crippen molar-refractivity contribution in [3.8, 4) is 0 Å².